The second kappa shape index (κ2) is 5.27. The van der Waals surface area contributed by atoms with E-state index in [1.807, 2.05) is 18.2 Å². The Labute approximate surface area is 106 Å². The minimum absolute atomic E-state index is 0.0384. The molecule has 0 bridgehead atoms. The monoisotopic (exact) mass is 250 g/mol. The van der Waals surface area contributed by atoms with Gasteiger partial charge in [0.25, 0.3) is 0 Å². The Morgan fingerprint density at radius 1 is 1.28 bits per heavy atom. The highest BCUT2D eigenvalue weighted by molar-refractivity contribution is 5.77. The van der Waals surface area contributed by atoms with E-state index in [0.717, 1.165) is 5.56 Å². The first-order valence-electron chi connectivity index (χ1n) is 5.92. The van der Waals surface area contributed by atoms with Crippen LogP contribution in [0.25, 0.3) is 0 Å². The molecular formula is C13H18N2O3. The predicted molar refractivity (Wildman–Crippen MR) is 67.6 cm³/mol. The molecule has 18 heavy (non-hydrogen) atoms. The largest absolute Gasteiger partial charge is 0.493 e. The Bertz CT molecular complexity index is 448. The molecule has 1 aliphatic heterocycles. The van der Waals surface area contributed by atoms with Gasteiger partial charge in [-0.15, -0.1) is 0 Å². The molecule has 3 N–H and O–H groups in total. The van der Waals surface area contributed by atoms with E-state index in [0.29, 0.717) is 24.3 Å². The summed E-state index contributed by atoms with van der Waals surface area (Å²) in [7, 11) is 3.17. The van der Waals surface area contributed by atoms with Gasteiger partial charge in [0.2, 0.25) is 5.91 Å². The number of rotatable bonds is 3. The van der Waals surface area contributed by atoms with Gasteiger partial charge in [-0.25, -0.2) is 0 Å². The molecule has 0 saturated carbocycles. The minimum atomic E-state index is -0.161. The van der Waals surface area contributed by atoms with Crippen molar-refractivity contribution >= 4 is 5.91 Å². The highest BCUT2D eigenvalue weighted by Crippen LogP contribution is 2.32. The van der Waals surface area contributed by atoms with Gasteiger partial charge < -0.3 is 20.5 Å². The van der Waals surface area contributed by atoms with E-state index in [9.17, 15) is 4.79 Å². The zero-order valence-electron chi connectivity index (χ0n) is 10.6. The van der Waals surface area contributed by atoms with Crippen LogP contribution in [0.5, 0.6) is 11.5 Å². The quantitative estimate of drug-likeness (QED) is 0.838. The lowest BCUT2D eigenvalue weighted by atomic mass is 9.92. The van der Waals surface area contributed by atoms with E-state index in [1.165, 1.54) is 0 Å². The Kier molecular flexibility index (Phi) is 3.72. The summed E-state index contributed by atoms with van der Waals surface area (Å²) in [4.78, 5) is 11.4. The minimum Gasteiger partial charge on any atom is -0.493 e. The van der Waals surface area contributed by atoms with E-state index in [4.69, 9.17) is 15.2 Å². The van der Waals surface area contributed by atoms with Crippen LogP contribution in [0.3, 0.4) is 0 Å². The molecule has 1 heterocycles. The van der Waals surface area contributed by atoms with Gasteiger partial charge >= 0.3 is 0 Å². The molecule has 5 nitrogen and oxygen atoms in total. The normalized spacial score (nSPS) is 23.4. The number of piperidine rings is 1. The average molecular weight is 250 g/mol. The van der Waals surface area contributed by atoms with Gasteiger partial charge in [-0.2, -0.15) is 0 Å². The fraction of sp³-hybridized carbons (Fsp3) is 0.462. The number of hydrogen-bond acceptors (Lipinski definition) is 4. The second-order valence-corrected chi connectivity index (χ2v) is 4.36. The molecule has 0 unspecified atom stereocenters. The van der Waals surface area contributed by atoms with Crippen molar-refractivity contribution in [3.05, 3.63) is 23.8 Å². The molecule has 0 spiro atoms. The summed E-state index contributed by atoms with van der Waals surface area (Å²) < 4.78 is 10.4. The molecule has 1 saturated heterocycles. The molecular weight excluding hydrogens is 232 g/mol. The molecule has 1 aromatic carbocycles. The first-order chi connectivity index (χ1) is 8.65. The van der Waals surface area contributed by atoms with Crippen molar-refractivity contribution in [3.8, 4) is 11.5 Å². The molecule has 5 heteroatoms. The number of ether oxygens (including phenoxy) is 2. The molecule has 0 aliphatic carbocycles. The predicted octanol–water partition coefficient (Wildman–Crippen LogP) is 0.982. The molecule has 2 atom stereocenters. The summed E-state index contributed by atoms with van der Waals surface area (Å²) in [6.45, 7) is 0. The van der Waals surface area contributed by atoms with E-state index in [-0.39, 0.29) is 18.0 Å². The van der Waals surface area contributed by atoms with Crippen LogP contribution in [0.1, 0.15) is 24.4 Å². The third-order valence-electron chi connectivity index (χ3n) is 3.22. The van der Waals surface area contributed by atoms with Gasteiger partial charge in [-0.1, -0.05) is 6.07 Å². The number of carbonyl (C=O) groups is 1. The van der Waals surface area contributed by atoms with Gasteiger partial charge in [0.15, 0.2) is 11.5 Å². The maximum absolute atomic E-state index is 11.4. The number of amides is 1. The molecule has 1 aliphatic rings. The topological polar surface area (TPSA) is 73.6 Å². The number of carbonyl (C=O) groups excluding carboxylic acids is 1. The van der Waals surface area contributed by atoms with Crippen LogP contribution in [-0.2, 0) is 4.79 Å². The smallest absolute Gasteiger partial charge is 0.220 e. The lowest BCUT2D eigenvalue weighted by Gasteiger charge is -2.30. The van der Waals surface area contributed by atoms with Gasteiger partial charge in [-0.05, 0) is 24.1 Å². The molecule has 0 aromatic heterocycles. The average Bonchev–Trinajstić information content (AvgIpc) is 2.40. The SMILES string of the molecule is COc1ccc([C@@H]2NC(=O)CC[C@@H]2N)cc1OC. The van der Waals surface area contributed by atoms with Crippen LogP contribution < -0.4 is 20.5 Å². The Balaban J connectivity index is 2.29. The maximum atomic E-state index is 11.4. The van der Waals surface area contributed by atoms with Crippen molar-refractivity contribution in [1.29, 1.82) is 0 Å². The number of hydrogen-bond donors (Lipinski definition) is 2. The summed E-state index contributed by atoms with van der Waals surface area (Å²) >= 11 is 0. The summed E-state index contributed by atoms with van der Waals surface area (Å²) in [6.07, 6.45) is 1.19. The molecule has 1 amide bonds. The van der Waals surface area contributed by atoms with Crippen LogP contribution in [-0.4, -0.2) is 26.2 Å². The van der Waals surface area contributed by atoms with Crippen molar-refractivity contribution in [2.24, 2.45) is 5.73 Å². The first-order valence-corrected chi connectivity index (χ1v) is 5.92. The summed E-state index contributed by atoms with van der Waals surface area (Å²) in [6, 6.07) is 5.35. The van der Waals surface area contributed by atoms with E-state index in [2.05, 4.69) is 5.32 Å². The Morgan fingerprint density at radius 3 is 2.67 bits per heavy atom. The fourth-order valence-electron chi connectivity index (χ4n) is 2.19. The summed E-state index contributed by atoms with van der Waals surface area (Å²) in [5.74, 6) is 1.34. The van der Waals surface area contributed by atoms with Crippen LogP contribution >= 0.6 is 0 Å². The zero-order valence-corrected chi connectivity index (χ0v) is 10.6. The van der Waals surface area contributed by atoms with Crippen molar-refractivity contribution < 1.29 is 14.3 Å². The second-order valence-electron chi connectivity index (χ2n) is 4.36. The Hall–Kier alpha value is -1.75. The zero-order chi connectivity index (χ0) is 13.1. The lowest BCUT2D eigenvalue weighted by molar-refractivity contribution is -0.123. The van der Waals surface area contributed by atoms with E-state index in [1.54, 1.807) is 14.2 Å². The number of nitrogens with one attached hydrogen (secondary N) is 1. The number of methoxy groups -OCH3 is 2. The van der Waals surface area contributed by atoms with Crippen LogP contribution in [0, 0.1) is 0 Å². The maximum Gasteiger partial charge on any atom is 0.220 e. The molecule has 1 fully saturated rings. The molecule has 2 rings (SSSR count). The molecule has 98 valence electrons. The van der Waals surface area contributed by atoms with E-state index < -0.39 is 0 Å². The van der Waals surface area contributed by atoms with Crippen molar-refractivity contribution in [1.82, 2.24) is 5.32 Å². The standard InChI is InChI=1S/C13H18N2O3/c1-17-10-5-3-8(7-11(10)18-2)13-9(14)4-6-12(16)15-13/h3,5,7,9,13H,4,6,14H2,1-2H3,(H,15,16)/t9-,13-/m0/s1. The van der Waals surface area contributed by atoms with Crippen LogP contribution in [0.4, 0.5) is 0 Å². The highest BCUT2D eigenvalue weighted by Gasteiger charge is 2.27. The first kappa shape index (κ1) is 12.7. The third kappa shape index (κ3) is 2.41. The van der Waals surface area contributed by atoms with Gasteiger partial charge in [0, 0.05) is 12.5 Å². The fourth-order valence-corrected chi connectivity index (χ4v) is 2.19. The van der Waals surface area contributed by atoms with Crippen LogP contribution in [0.2, 0.25) is 0 Å². The molecule has 0 radical (unpaired) electrons. The number of benzene rings is 1. The highest BCUT2D eigenvalue weighted by atomic mass is 16.5. The number of nitrogens with two attached hydrogens (primary N) is 1. The van der Waals surface area contributed by atoms with E-state index >= 15 is 0 Å². The Morgan fingerprint density at radius 2 is 2.00 bits per heavy atom. The van der Waals surface area contributed by atoms with Gasteiger partial charge in [-0.3, -0.25) is 4.79 Å². The van der Waals surface area contributed by atoms with Crippen molar-refractivity contribution in [2.45, 2.75) is 24.9 Å². The van der Waals surface area contributed by atoms with Gasteiger partial charge in [0.1, 0.15) is 0 Å². The van der Waals surface area contributed by atoms with Crippen molar-refractivity contribution in [2.75, 3.05) is 14.2 Å². The van der Waals surface area contributed by atoms with Crippen LogP contribution in [0.15, 0.2) is 18.2 Å². The summed E-state index contributed by atoms with van der Waals surface area (Å²) in [5, 5.41) is 2.91. The van der Waals surface area contributed by atoms with Gasteiger partial charge in [0.05, 0.1) is 20.3 Å². The third-order valence-corrected chi connectivity index (χ3v) is 3.22. The van der Waals surface area contributed by atoms with Crippen molar-refractivity contribution in [3.63, 3.8) is 0 Å². The summed E-state index contributed by atoms with van der Waals surface area (Å²) in [5.41, 5.74) is 6.99. The lowest BCUT2D eigenvalue weighted by Crippen LogP contribution is -2.45. The molecule has 1 aromatic rings.